The fraction of sp³-hybridized carbons (Fsp3) is 0.750. The van der Waals surface area contributed by atoms with Crippen LogP contribution in [-0.4, -0.2) is 31.3 Å². The van der Waals surface area contributed by atoms with E-state index in [1.807, 2.05) is 0 Å². The number of rotatable bonds is 3. The first kappa shape index (κ1) is 13.9. The van der Waals surface area contributed by atoms with E-state index < -0.39 is 21.8 Å². The molecule has 0 heterocycles. The largest absolute Gasteiger partial charge is 1.00 e. The van der Waals surface area contributed by atoms with E-state index in [1.165, 1.54) is 0 Å². The van der Waals surface area contributed by atoms with Gasteiger partial charge in [0.2, 0.25) is 0 Å². The van der Waals surface area contributed by atoms with Crippen molar-refractivity contribution < 1.29 is 52.1 Å². The Kier molecular flexibility index (Phi) is 7.55. The van der Waals surface area contributed by atoms with Crippen molar-refractivity contribution in [1.82, 2.24) is 0 Å². The number of esters is 1. The number of carbonyl (C=O) groups excluding carboxylic acids is 1. The van der Waals surface area contributed by atoms with E-state index in [2.05, 4.69) is 4.74 Å². The third-order valence-electron chi connectivity index (χ3n) is 0.639. The normalized spacial score (nSPS) is 10.0. The van der Waals surface area contributed by atoms with Crippen LogP contribution in [0.15, 0.2) is 0 Å². The Morgan fingerprint density at radius 2 is 2.00 bits per heavy atom. The molecule has 0 aromatic rings. The molecule has 60 valence electrons. The minimum Gasteiger partial charge on any atom is -0.748 e. The van der Waals surface area contributed by atoms with E-state index in [-0.39, 0.29) is 36.2 Å². The summed E-state index contributed by atoms with van der Waals surface area (Å²) < 4.78 is 33.8. The molecule has 0 saturated carbocycles. The van der Waals surface area contributed by atoms with Crippen LogP contribution in [0.25, 0.3) is 0 Å². The molecule has 0 rings (SSSR count). The molecule has 0 saturated heterocycles. The fourth-order valence-electron chi connectivity index (χ4n) is 0.287. The summed E-state index contributed by atoms with van der Waals surface area (Å²) in [5.41, 5.74) is 0. The van der Waals surface area contributed by atoms with Gasteiger partial charge in [-0.15, -0.1) is 0 Å². The standard InChI is InChI=1S/C4H8O5S.Na/c1-4(5)9-2-3-10(6,7)8;/h2-3H2,1H3,(H,6,7,8);/q;+1/p-1. The van der Waals surface area contributed by atoms with Gasteiger partial charge < -0.3 is 9.29 Å². The van der Waals surface area contributed by atoms with Gasteiger partial charge in [-0.05, 0) is 0 Å². The minimum atomic E-state index is -4.25. The summed E-state index contributed by atoms with van der Waals surface area (Å²) in [6.45, 7) is 0.776. The maximum Gasteiger partial charge on any atom is 1.00 e. The van der Waals surface area contributed by atoms with Crippen LogP contribution in [0, 0.1) is 0 Å². The van der Waals surface area contributed by atoms with Crippen molar-refractivity contribution in [2.75, 3.05) is 12.4 Å². The van der Waals surface area contributed by atoms with Gasteiger partial charge in [0.1, 0.15) is 6.61 Å². The first-order valence-electron chi connectivity index (χ1n) is 2.49. The van der Waals surface area contributed by atoms with Gasteiger partial charge in [-0.25, -0.2) is 8.42 Å². The first-order chi connectivity index (χ1) is 4.42. The average Bonchev–Trinajstić information content (AvgIpc) is 1.59. The molecule has 0 aliphatic carbocycles. The van der Waals surface area contributed by atoms with Crippen LogP contribution in [0.2, 0.25) is 0 Å². The molecule has 0 aliphatic rings. The maximum atomic E-state index is 10.0. The van der Waals surface area contributed by atoms with Crippen LogP contribution in [0.3, 0.4) is 0 Å². The minimum absolute atomic E-state index is 0. The van der Waals surface area contributed by atoms with Gasteiger partial charge in [-0.1, -0.05) is 0 Å². The van der Waals surface area contributed by atoms with Gasteiger partial charge in [-0.2, -0.15) is 0 Å². The molecule has 0 N–H and O–H groups in total. The first-order valence-corrected chi connectivity index (χ1v) is 4.06. The topological polar surface area (TPSA) is 83.5 Å². The summed E-state index contributed by atoms with van der Waals surface area (Å²) in [6, 6.07) is 0. The number of carbonyl (C=O) groups is 1. The Morgan fingerprint density at radius 1 is 1.55 bits per heavy atom. The molecular formula is C4H7NaO5S. The van der Waals surface area contributed by atoms with Crippen LogP contribution in [0.4, 0.5) is 0 Å². The summed E-state index contributed by atoms with van der Waals surface area (Å²) in [4.78, 5) is 10.0. The zero-order chi connectivity index (χ0) is 8.20. The summed E-state index contributed by atoms with van der Waals surface area (Å²) in [5.74, 6) is -1.25. The molecule has 0 aliphatic heterocycles. The molecule has 0 fully saturated rings. The van der Waals surface area contributed by atoms with Gasteiger partial charge in [0, 0.05) is 6.92 Å². The number of ether oxygens (including phenoxy) is 1. The third-order valence-corrected chi connectivity index (χ3v) is 1.31. The Balaban J connectivity index is 0. The van der Waals surface area contributed by atoms with Crippen molar-refractivity contribution in [2.24, 2.45) is 0 Å². The quantitative estimate of drug-likeness (QED) is 0.258. The maximum absolute atomic E-state index is 10.0. The van der Waals surface area contributed by atoms with Gasteiger partial charge >= 0.3 is 35.5 Å². The molecule has 0 amide bonds. The number of hydrogen-bond acceptors (Lipinski definition) is 5. The Bertz CT molecular complexity index is 209. The Labute approximate surface area is 87.2 Å². The van der Waals surface area contributed by atoms with Crippen molar-refractivity contribution >= 4 is 16.1 Å². The molecule has 0 bridgehead atoms. The monoisotopic (exact) mass is 190 g/mol. The zero-order valence-corrected chi connectivity index (χ0v) is 9.18. The van der Waals surface area contributed by atoms with Gasteiger partial charge in [-0.3, -0.25) is 4.79 Å². The van der Waals surface area contributed by atoms with Crippen LogP contribution >= 0.6 is 0 Å². The Hall–Kier alpha value is 0.380. The van der Waals surface area contributed by atoms with E-state index in [9.17, 15) is 17.8 Å². The molecule has 7 heteroatoms. The molecule has 0 aromatic carbocycles. The summed E-state index contributed by atoms with van der Waals surface area (Å²) in [5, 5.41) is 0. The van der Waals surface area contributed by atoms with Gasteiger partial charge in [0.05, 0.1) is 15.9 Å². The number of hydrogen-bond donors (Lipinski definition) is 0. The third kappa shape index (κ3) is 13.4. The molecule has 0 radical (unpaired) electrons. The second kappa shape index (κ2) is 5.96. The molecule has 0 aromatic heterocycles. The smallest absolute Gasteiger partial charge is 0.748 e. The van der Waals surface area contributed by atoms with Crippen LogP contribution in [0.1, 0.15) is 6.92 Å². The second-order valence-corrected chi connectivity index (χ2v) is 3.13. The summed E-state index contributed by atoms with van der Waals surface area (Å²) in [6.07, 6.45) is 0. The predicted molar refractivity (Wildman–Crippen MR) is 31.2 cm³/mol. The fourth-order valence-corrected chi connectivity index (χ4v) is 0.575. The van der Waals surface area contributed by atoms with Crippen molar-refractivity contribution in [1.29, 1.82) is 0 Å². The van der Waals surface area contributed by atoms with Crippen molar-refractivity contribution in [3.63, 3.8) is 0 Å². The van der Waals surface area contributed by atoms with Crippen LogP contribution in [0.5, 0.6) is 0 Å². The molecule has 0 atom stereocenters. The van der Waals surface area contributed by atoms with Gasteiger partial charge in [0.25, 0.3) is 0 Å². The summed E-state index contributed by atoms with van der Waals surface area (Å²) >= 11 is 0. The Morgan fingerprint density at radius 3 is 2.27 bits per heavy atom. The molecule has 0 unspecified atom stereocenters. The van der Waals surface area contributed by atoms with E-state index >= 15 is 0 Å². The van der Waals surface area contributed by atoms with E-state index in [1.54, 1.807) is 0 Å². The van der Waals surface area contributed by atoms with Crippen molar-refractivity contribution in [3.8, 4) is 0 Å². The molecular weight excluding hydrogens is 183 g/mol. The van der Waals surface area contributed by atoms with E-state index in [0.717, 1.165) is 6.92 Å². The molecule has 5 nitrogen and oxygen atoms in total. The van der Waals surface area contributed by atoms with Crippen molar-refractivity contribution in [2.45, 2.75) is 6.92 Å². The van der Waals surface area contributed by atoms with Crippen LogP contribution < -0.4 is 29.6 Å². The SMILES string of the molecule is CC(=O)OCCS(=O)(=O)[O-].[Na+]. The summed E-state index contributed by atoms with van der Waals surface area (Å²) in [7, 11) is -4.25. The van der Waals surface area contributed by atoms with E-state index in [4.69, 9.17) is 0 Å². The zero-order valence-electron chi connectivity index (χ0n) is 6.36. The average molecular weight is 190 g/mol. The van der Waals surface area contributed by atoms with Crippen molar-refractivity contribution in [3.05, 3.63) is 0 Å². The van der Waals surface area contributed by atoms with Gasteiger partial charge in [0.15, 0.2) is 0 Å². The second-order valence-electron chi connectivity index (χ2n) is 1.60. The predicted octanol–water partition coefficient (Wildman–Crippen LogP) is -3.90. The molecule has 0 spiro atoms. The van der Waals surface area contributed by atoms with E-state index in [0.29, 0.717) is 0 Å². The van der Waals surface area contributed by atoms with Crippen LogP contribution in [-0.2, 0) is 19.6 Å². The molecule has 11 heavy (non-hydrogen) atoms.